The summed E-state index contributed by atoms with van der Waals surface area (Å²) < 4.78 is 11.1. The standard InChI is InChI=1S/C24H20N2O5/c1-14-10-17-11-15(6-7-19(17)31-14)22(27)20-21(16-4-2-8-25-12-16)26(24(29)23(20)28)13-18-5-3-9-30-18/h2-9,11-12,14,21,27H,10,13H2,1H3/b22-20+. The molecule has 2 aromatic heterocycles. The third-order valence-electron chi connectivity index (χ3n) is 5.62. The normalized spacial score (nSPS) is 21.9. The number of rotatable bonds is 4. The van der Waals surface area contributed by atoms with Gasteiger partial charge in [-0.2, -0.15) is 0 Å². The van der Waals surface area contributed by atoms with E-state index in [-0.39, 0.29) is 24.0 Å². The molecular formula is C24H20N2O5. The Labute approximate surface area is 178 Å². The van der Waals surface area contributed by atoms with E-state index in [1.54, 1.807) is 48.8 Å². The van der Waals surface area contributed by atoms with Crippen molar-refractivity contribution in [2.45, 2.75) is 32.0 Å². The number of aromatic nitrogens is 1. The molecular weight excluding hydrogens is 396 g/mol. The first-order valence-corrected chi connectivity index (χ1v) is 10.0. The van der Waals surface area contributed by atoms with Crippen LogP contribution in [0.25, 0.3) is 5.76 Å². The van der Waals surface area contributed by atoms with Crippen molar-refractivity contribution in [3.63, 3.8) is 0 Å². The van der Waals surface area contributed by atoms with Crippen molar-refractivity contribution >= 4 is 17.4 Å². The summed E-state index contributed by atoms with van der Waals surface area (Å²) in [6, 6.07) is 11.5. The lowest BCUT2D eigenvalue weighted by Crippen LogP contribution is -2.29. The van der Waals surface area contributed by atoms with Gasteiger partial charge in [0.15, 0.2) is 0 Å². The van der Waals surface area contributed by atoms with Gasteiger partial charge in [0.1, 0.15) is 23.4 Å². The zero-order valence-electron chi connectivity index (χ0n) is 16.8. The summed E-state index contributed by atoms with van der Waals surface area (Å²) in [6.07, 6.45) is 5.50. The van der Waals surface area contributed by atoms with Gasteiger partial charge in [-0.15, -0.1) is 0 Å². The predicted molar refractivity (Wildman–Crippen MR) is 111 cm³/mol. The maximum Gasteiger partial charge on any atom is 0.296 e. The zero-order chi connectivity index (χ0) is 21.5. The number of furan rings is 1. The summed E-state index contributed by atoms with van der Waals surface area (Å²) in [7, 11) is 0. The highest BCUT2D eigenvalue weighted by Gasteiger charge is 2.46. The first kappa shape index (κ1) is 19.1. The molecule has 0 saturated carbocycles. The fraction of sp³-hybridized carbons (Fsp3) is 0.208. The second kappa shape index (κ2) is 7.43. The summed E-state index contributed by atoms with van der Waals surface area (Å²) in [5.41, 5.74) is 2.10. The molecule has 1 amide bonds. The quantitative estimate of drug-likeness (QED) is 0.397. The number of amides is 1. The summed E-state index contributed by atoms with van der Waals surface area (Å²) in [4.78, 5) is 31.5. The molecule has 0 spiro atoms. The van der Waals surface area contributed by atoms with Crippen LogP contribution < -0.4 is 4.74 Å². The van der Waals surface area contributed by atoms with E-state index in [4.69, 9.17) is 9.15 Å². The second-order valence-electron chi connectivity index (χ2n) is 7.75. The Morgan fingerprint density at radius 1 is 1.23 bits per heavy atom. The maximum atomic E-state index is 13.0. The van der Waals surface area contributed by atoms with Crippen LogP contribution in [0.1, 0.15) is 35.4 Å². The highest BCUT2D eigenvalue weighted by molar-refractivity contribution is 6.46. The highest BCUT2D eigenvalue weighted by Crippen LogP contribution is 2.41. The third kappa shape index (κ3) is 3.28. The third-order valence-corrected chi connectivity index (χ3v) is 5.62. The van der Waals surface area contributed by atoms with Gasteiger partial charge in [-0.05, 0) is 54.4 Å². The van der Waals surface area contributed by atoms with E-state index in [0.717, 1.165) is 17.7 Å². The van der Waals surface area contributed by atoms with Gasteiger partial charge in [0.2, 0.25) is 0 Å². The van der Waals surface area contributed by atoms with Crippen LogP contribution in [-0.2, 0) is 22.6 Å². The van der Waals surface area contributed by atoms with Crippen molar-refractivity contribution in [1.82, 2.24) is 9.88 Å². The zero-order valence-corrected chi connectivity index (χ0v) is 16.8. The average molecular weight is 416 g/mol. The molecule has 2 aliphatic rings. The van der Waals surface area contributed by atoms with Gasteiger partial charge >= 0.3 is 0 Å². The minimum absolute atomic E-state index is 0.0384. The fourth-order valence-corrected chi connectivity index (χ4v) is 4.22. The molecule has 3 aromatic rings. The summed E-state index contributed by atoms with van der Waals surface area (Å²) in [5.74, 6) is -0.324. The van der Waals surface area contributed by atoms with Crippen molar-refractivity contribution < 1.29 is 23.8 Å². The average Bonchev–Trinajstić information content (AvgIpc) is 3.48. The van der Waals surface area contributed by atoms with Crippen LogP contribution in [0.4, 0.5) is 0 Å². The van der Waals surface area contributed by atoms with E-state index in [1.807, 2.05) is 13.0 Å². The molecule has 1 N–H and O–H groups in total. The van der Waals surface area contributed by atoms with Crippen LogP contribution >= 0.6 is 0 Å². The molecule has 0 radical (unpaired) electrons. The largest absolute Gasteiger partial charge is 0.507 e. The number of aliphatic hydroxyl groups is 1. The Hall–Kier alpha value is -3.87. The molecule has 2 atom stereocenters. The fourth-order valence-electron chi connectivity index (χ4n) is 4.22. The lowest BCUT2D eigenvalue weighted by molar-refractivity contribution is -0.140. The molecule has 0 bridgehead atoms. The first-order valence-electron chi connectivity index (χ1n) is 10.0. The maximum absolute atomic E-state index is 13.0. The van der Waals surface area contributed by atoms with Crippen LogP contribution in [0.5, 0.6) is 5.75 Å². The molecule has 5 rings (SSSR count). The van der Waals surface area contributed by atoms with Crippen molar-refractivity contribution in [3.05, 3.63) is 89.1 Å². The van der Waals surface area contributed by atoms with Crippen LogP contribution in [0, 0.1) is 0 Å². The van der Waals surface area contributed by atoms with E-state index >= 15 is 0 Å². The number of carbonyl (C=O) groups excluding carboxylic acids is 2. The molecule has 31 heavy (non-hydrogen) atoms. The van der Waals surface area contributed by atoms with Gasteiger partial charge in [-0.25, -0.2) is 0 Å². The summed E-state index contributed by atoms with van der Waals surface area (Å²) in [5, 5.41) is 11.2. The molecule has 2 unspecified atom stereocenters. The van der Waals surface area contributed by atoms with Crippen molar-refractivity contribution in [2.24, 2.45) is 0 Å². The number of hydrogen-bond acceptors (Lipinski definition) is 6. The van der Waals surface area contributed by atoms with Gasteiger partial charge in [-0.1, -0.05) is 6.07 Å². The lowest BCUT2D eigenvalue weighted by atomic mass is 9.95. The Morgan fingerprint density at radius 3 is 2.84 bits per heavy atom. The number of ether oxygens (including phenoxy) is 1. The number of Topliss-reactive ketones (excluding diaryl/α,β-unsaturated/α-hetero) is 1. The van der Waals surface area contributed by atoms with E-state index in [9.17, 15) is 14.7 Å². The number of carbonyl (C=O) groups is 2. The molecule has 4 heterocycles. The molecule has 7 heteroatoms. The summed E-state index contributed by atoms with van der Waals surface area (Å²) >= 11 is 0. The first-order chi connectivity index (χ1) is 15.0. The second-order valence-corrected chi connectivity index (χ2v) is 7.75. The monoisotopic (exact) mass is 416 g/mol. The Kier molecular flexibility index (Phi) is 4.58. The van der Waals surface area contributed by atoms with Gasteiger partial charge in [-0.3, -0.25) is 14.6 Å². The molecule has 1 fully saturated rings. The molecule has 1 saturated heterocycles. The van der Waals surface area contributed by atoms with Crippen molar-refractivity contribution in [3.8, 4) is 5.75 Å². The molecule has 156 valence electrons. The van der Waals surface area contributed by atoms with Crippen molar-refractivity contribution in [1.29, 1.82) is 0 Å². The van der Waals surface area contributed by atoms with E-state index in [2.05, 4.69) is 4.98 Å². The number of aliphatic hydroxyl groups excluding tert-OH is 1. The smallest absolute Gasteiger partial charge is 0.296 e. The molecule has 0 aliphatic carbocycles. The number of hydrogen-bond donors (Lipinski definition) is 1. The van der Waals surface area contributed by atoms with Gasteiger partial charge in [0, 0.05) is 24.4 Å². The lowest BCUT2D eigenvalue weighted by Gasteiger charge is -2.24. The van der Waals surface area contributed by atoms with E-state index < -0.39 is 17.7 Å². The Bertz CT molecular complexity index is 1180. The number of ketones is 1. The number of likely N-dealkylation sites (tertiary alicyclic amines) is 1. The Morgan fingerprint density at radius 2 is 2.10 bits per heavy atom. The molecule has 1 aromatic carbocycles. The van der Waals surface area contributed by atoms with Gasteiger partial charge < -0.3 is 19.2 Å². The number of fused-ring (bicyclic) bond motifs is 1. The molecule has 2 aliphatic heterocycles. The Balaban J connectivity index is 1.62. The van der Waals surface area contributed by atoms with Crippen molar-refractivity contribution in [2.75, 3.05) is 0 Å². The minimum atomic E-state index is -0.776. The van der Waals surface area contributed by atoms with Crippen LogP contribution in [0.2, 0.25) is 0 Å². The van der Waals surface area contributed by atoms with Gasteiger partial charge in [0.05, 0.1) is 24.4 Å². The number of nitrogens with zero attached hydrogens (tertiary/aromatic N) is 2. The topological polar surface area (TPSA) is 92.9 Å². The molecule has 7 nitrogen and oxygen atoms in total. The summed E-state index contributed by atoms with van der Waals surface area (Å²) in [6.45, 7) is 2.07. The van der Waals surface area contributed by atoms with E-state index in [0.29, 0.717) is 16.9 Å². The number of benzene rings is 1. The van der Waals surface area contributed by atoms with Crippen LogP contribution in [0.15, 0.2) is 71.1 Å². The van der Waals surface area contributed by atoms with E-state index in [1.165, 1.54) is 11.2 Å². The van der Waals surface area contributed by atoms with Crippen LogP contribution in [-0.4, -0.2) is 32.8 Å². The number of pyridine rings is 1. The van der Waals surface area contributed by atoms with Crippen LogP contribution in [0.3, 0.4) is 0 Å². The minimum Gasteiger partial charge on any atom is -0.507 e. The highest BCUT2D eigenvalue weighted by atomic mass is 16.5. The SMILES string of the molecule is CC1Cc2cc(/C(O)=C3\C(=O)C(=O)N(Cc4ccco4)C3c3cccnc3)ccc2O1. The predicted octanol–water partition coefficient (Wildman–Crippen LogP) is 3.62. The van der Waals surface area contributed by atoms with Gasteiger partial charge in [0.25, 0.3) is 11.7 Å².